The largest absolute Gasteiger partial charge is 0.493 e. The second-order valence-corrected chi connectivity index (χ2v) is 5.75. The van der Waals surface area contributed by atoms with Gasteiger partial charge in [-0.2, -0.15) is 19.0 Å². The monoisotopic (exact) mass is 383 g/mol. The predicted octanol–water partition coefficient (Wildman–Crippen LogP) is 4.72. The lowest BCUT2D eigenvalue weighted by Crippen LogP contribution is -2.03. The van der Waals surface area contributed by atoms with Crippen LogP contribution in [-0.2, 0) is 0 Å². The van der Waals surface area contributed by atoms with Crippen LogP contribution in [0, 0.1) is 18.3 Å². The Kier molecular flexibility index (Phi) is 5.65. The SMILES string of the molecule is COc1ccc(/C=C(\C#N)c2nc(-c3ccc(C)cc3)no2)cc1OC(F)F. The topological polar surface area (TPSA) is 81.2 Å². The van der Waals surface area contributed by atoms with E-state index in [0.29, 0.717) is 11.4 Å². The summed E-state index contributed by atoms with van der Waals surface area (Å²) in [5.41, 5.74) is 2.35. The number of ether oxygens (including phenoxy) is 2. The number of halogens is 2. The zero-order chi connectivity index (χ0) is 20.1. The number of aryl methyl sites for hydroxylation is 1. The molecule has 0 aliphatic rings. The number of nitrogens with zero attached hydrogens (tertiary/aromatic N) is 3. The van der Waals surface area contributed by atoms with Crippen LogP contribution < -0.4 is 9.47 Å². The Hall–Kier alpha value is -3.73. The number of methoxy groups -OCH3 is 1. The summed E-state index contributed by atoms with van der Waals surface area (Å²) in [5.74, 6) is 0.364. The zero-order valence-corrected chi connectivity index (χ0v) is 15.0. The normalized spacial score (nSPS) is 11.4. The Balaban J connectivity index is 1.92. The third-order valence-corrected chi connectivity index (χ3v) is 3.80. The molecule has 3 rings (SSSR count). The molecule has 28 heavy (non-hydrogen) atoms. The first-order chi connectivity index (χ1) is 13.5. The number of nitriles is 1. The fraction of sp³-hybridized carbons (Fsp3) is 0.150. The molecule has 0 bridgehead atoms. The predicted molar refractivity (Wildman–Crippen MR) is 97.6 cm³/mol. The number of hydrogen-bond acceptors (Lipinski definition) is 6. The minimum atomic E-state index is -3.00. The van der Waals surface area contributed by atoms with Gasteiger partial charge in [0.25, 0.3) is 5.89 Å². The van der Waals surface area contributed by atoms with Gasteiger partial charge < -0.3 is 14.0 Å². The average molecular weight is 383 g/mol. The molecule has 0 fully saturated rings. The molecule has 142 valence electrons. The second-order valence-electron chi connectivity index (χ2n) is 5.75. The maximum atomic E-state index is 12.6. The van der Waals surface area contributed by atoms with Gasteiger partial charge in [-0.15, -0.1) is 0 Å². The van der Waals surface area contributed by atoms with E-state index in [0.717, 1.165) is 11.1 Å². The Morgan fingerprint density at radius 1 is 1.18 bits per heavy atom. The molecule has 1 aromatic heterocycles. The van der Waals surface area contributed by atoms with E-state index in [-0.39, 0.29) is 23.0 Å². The third-order valence-electron chi connectivity index (χ3n) is 3.80. The van der Waals surface area contributed by atoms with Crippen molar-refractivity contribution < 1.29 is 22.8 Å². The Labute approximate surface area is 159 Å². The standard InChI is InChI=1S/C20H15F2N3O3/c1-12-3-6-14(7-4-12)18-24-19(28-25-18)15(11-23)9-13-5-8-16(26-2)17(10-13)27-20(21)22/h3-10,20H,1-2H3/b15-9+. The van der Waals surface area contributed by atoms with E-state index in [2.05, 4.69) is 14.9 Å². The fourth-order valence-corrected chi connectivity index (χ4v) is 2.43. The lowest BCUT2D eigenvalue weighted by Gasteiger charge is -2.10. The van der Waals surface area contributed by atoms with Crippen LogP contribution in [0.3, 0.4) is 0 Å². The van der Waals surface area contributed by atoms with E-state index in [4.69, 9.17) is 9.26 Å². The summed E-state index contributed by atoms with van der Waals surface area (Å²) in [7, 11) is 1.34. The van der Waals surface area contributed by atoms with Crippen molar-refractivity contribution in [3.05, 3.63) is 59.5 Å². The highest BCUT2D eigenvalue weighted by atomic mass is 19.3. The first kappa shape index (κ1) is 19.0. The molecule has 6 nitrogen and oxygen atoms in total. The fourth-order valence-electron chi connectivity index (χ4n) is 2.43. The number of hydrogen-bond donors (Lipinski definition) is 0. The first-order valence-corrected chi connectivity index (χ1v) is 8.16. The Bertz CT molecular complexity index is 1040. The maximum Gasteiger partial charge on any atom is 0.387 e. The minimum absolute atomic E-state index is 0.0187. The van der Waals surface area contributed by atoms with E-state index in [9.17, 15) is 14.0 Å². The highest BCUT2D eigenvalue weighted by Gasteiger charge is 2.15. The highest BCUT2D eigenvalue weighted by Crippen LogP contribution is 2.31. The van der Waals surface area contributed by atoms with Crippen molar-refractivity contribution >= 4 is 11.6 Å². The van der Waals surface area contributed by atoms with Gasteiger partial charge in [0.2, 0.25) is 5.82 Å². The van der Waals surface area contributed by atoms with Crippen LogP contribution in [0.25, 0.3) is 23.0 Å². The zero-order valence-electron chi connectivity index (χ0n) is 15.0. The molecule has 0 saturated heterocycles. The van der Waals surface area contributed by atoms with Crippen LogP contribution in [-0.4, -0.2) is 23.9 Å². The summed E-state index contributed by atoms with van der Waals surface area (Å²) in [6, 6.07) is 13.9. The van der Waals surface area contributed by atoms with Crippen molar-refractivity contribution in [2.75, 3.05) is 7.11 Å². The number of allylic oxidation sites excluding steroid dienone is 1. The van der Waals surface area contributed by atoms with Gasteiger partial charge in [0, 0.05) is 5.56 Å². The molecule has 0 aliphatic carbocycles. The quantitative estimate of drug-likeness (QED) is 0.573. The van der Waals surface area contributed by atoms with Crippen molar-refractivity contribution in [2.45, 2.75) is 13.5 Å². The molecule has 0 amide bonds. The molecule has 0 aliphatic heterocycles. The average Bonchev–Trinajstić information content (AvgIpc) is 3.16. The number of rotatable bonds is 6. The summed E-state index contributed by atoms with van der Waals surface area (Å²) >= 11 is 0. The van der Waals surface area contributed by atoms with Crippen LogP contribution in [0.1, 0.15) is 17.0 Å². The van der Waals surface area contributed by atoms with Gasteiger partial charge in [-0.3, -0.25) is 0 Å². The lowest BCUT2D eigenvalue weighted by molar-refractivity contribution is -0.0512. The molecule has 1 heterocycles. The second kappa shape index (κ2) is 8.31. The number of benzene rings is 2. The van der Waals surface area contributed by atoms with Gasteiger partial charge >= 0.3 is 6.61 Å². The number of alkyl halides is 2. The third kappa shape index (κ3) is 4.32. The Morgan fingerprint density at radius 3 is 2.57 bits per heavy atom. The van der Waals surface area contributed by atoms with E-state index in [1.807, 2.05) is 37.3 Å². The van der Waals surface area contributed by atoms with E-state index in [1.165, 1.54) is 25.3 Å². The van der Waals surface area contributed by atoms with Crippen LogP contribution in [0.5, 0.6) is 11.5 Å². The molecule has 0 spiro atoms. The van der Waals surface area contributed by atoms with Gasteiger partial charge in [-0.25, -0.2) is 0 Å². The van der Waals surface area contributed by atoms with Crippen molar-refractivity contribution in [3.8, 4) is 29.0 Å². The van der Waals surface area contributed by atoms with Crippen LogP contribution in [0.4, 0.5) is 8.78 Å². The molecule has 0 N–H and O–H groups in total. The van der Waals surface area contributed by atoms with Crippen LogP contribution >= 0.6 is 0 Å². The molecule has 0 unspecified atom stereocenters. The van der Waals surface area contributed by atoms with E-state index >= 15 is 0 Å². The van der Waals surface area contributed by atoms with E-state index < -0.39 is 6.61 Å². The van der Waals surface area contributed by atoms with Gasteiger partial charge in [-0.05, 0) is 30.7 Å². The number of aromatic nitrogens is 2. The summed E-state index contributed by atoms with van der Waals surface area (Å²) in [5, 5.41) is 13.3. The van der Waals surface area contributed by atoms with Gasteiger partial charge in [0.15, 0.2) is 11.5 Å². The highest BCUT2D eigenvalue weighted by molar-refractivity contribution is 5.87. The van der Waals surface area contributed by atoms with Gasteiger partial charge in [-0.1, -0.05) is 41.1 Å². The molecule has 0 atom stereocenters. The summed E-state index contributed by atoms with van der Waals surface area (Å²) < 4.78 is 39.8. The minimum Gasteiger partial charge on any atom is -0.493 e. The molecule has 3 aromatic rings. The molecular weight excluding hydrogens is 368 g/mol. The van der Waals surface area contributed by atoms with Crippen molar-refractivity contribution in [1.29, 1.82) is 5.26 Å². The van der Waals surface area contributed by atoms with Crippen LogP contribution in [0.2, 0.25) is 0 Å². The molecule has 2 aromatic carbocycles. The van der Waals surface area contributed by atoms with Crippen LogP contribution in [0.15, 0.2) is 47.0 Å². The van der Waals surface area contributed by atoms with Gasteiger partial charge in [0.05, 0.1) is 7.11 Å². The van der Waals surface area contributed by atoms with E-state index in [1.54, 1.807) is 6.07 Å². The lowest BCUT2D eigenvalue weighted by atomic mass is 10.1. The molecule has 0 saturated carbocycles. The first-order valence-electron chi connectivity index (χ1n) is 8.16. The molecule has 8 heteroatoms. The van der Waals surface area contributed by atoms with Crippen molar-refractivity contribution in [1.82, 2.24) is 10.1 Å². The summed E-state index contributed by atoms with van der Waals surface area (Å²) in [4.78, 5) is 4.24. The van der Waals surface area contributed by atoms with Gasteiger partial charge in [0.1, 0.15) is 11.6 Å². The maximum absolute atomic E-state index is 12.6. The summed E-state index contributed by atoms with van der Waals surface area (Å²) in [6.45, 7) is -1.04. The molecular formula is C20H15F2N3O3. The van der Waals surface area contributed by atoms with Crippen molar-refractivity contribution in [2.24, 2.45) is 0 Å². The summed E-state index contributed by atoms with van der Waals surface area (Å²) in [6.07, 6.45) is 1.43. The smallest absolute Gasteiger partial charge is 0.387 e. The molecule has 0 radical (unpaired) electrons. The van der Waals surface area contributed by atoms with Crippen molar-refractivity contribution in [3.63, 3.8) is 0 Å². The Morgan fingerprint density at radius 2 is 1.93 bits per heavy atom.